The number of carbonyl (C=O) groups is 1. The van der Waals surface area contributed by atoms with Gasteiger partial charge < -0.3 is 14.8 Å². The van der Waals surface area contributed by atoms with E-state index in [9.17, 15) is 18.0 Å². The van der Waals surface area contributed by atoms with Crippen molar-refractivity contribution >= 4 is 5.91 Å². The average Bonchev–Trinajstić information content (AvgIpc) is 3.18. The number of amides is 1. The molecule has 1 atom stereocenters. The Balaban J connectivity index is 1.47. The lowest BCUT2D eigenvalue weighted by atomic mass is 9.85. The molecule has 2 aliphatic heterocycles. The minimum atomic E-state index is -4.64. The predicted octanol–water partition coefficient (Wildman–Crippen LogP) is 3.53. The molecule has 1 saturated heterocycles. The molecule has 0 radical (unpaired) electrons. The van der Waals surface area contributed by atoms with Crippen molar-refractivity contribution in [2.24, 2.45) is 5.41 Å². The molecule has 1 amide bonds. The number of nitrogens with zero attached hydrogens (tertiary/aromatic N) is 1. The third-order valence-corrected chi connectivity index (χ3v) is 5.66. The minimum Gasteiger partial charge on any atom is -0.486 e. The molecule has 5 nitrogen and oxygen atoms in total. The van der Waals surface area contributed by atoms with Gasteiger partial charge in [0, 0.05) is 25.2 Å². The maximum absolute atomic E-state index is 14.0. The van der Waals surface area contributed by atoms with Crippen LogP contribution in [0.15, 0.2) is 48.5 Å². The van der Waals surface area contributed by atoms with Crippen molar-refractivity contribution < 1.29 is 27.4 Å². The summed E-state index contributed by atoms with van der Waals surface area (Å²) < 4.78 is 53.2. The second-order valence-electron chi connectivity index (χ2n) is 7.65. The number of para-hydroxylation sites is 1. The molecule has 8 heteroatoms. The number of hydrogen-bond acceptors (Lipinski definition) is 4. The highest BCUT2D eigenvalue weighted by Crippen LogP contribution is 2.46. The zero-order valence-electron chi connectivity index (χ0n) is 16.4. The van der Waals surface area contributed by atoms with Crippen LogP contribution in [-0.4, -0.2) is 43.3 Å². The Morgan fingerprint density at radius 1 is 1.07 bits per heavy atom. The second-order valence-corrected chi connectivity index (χ2v) is 7.65. The zero-order chi connectivity index (χ0) is 21.2. The van der Waals surface area contributed by atoms with Gasteiger partial charge in [-0.1, -0.05) is 42.5 Å². The fraction of sp³-hybridized carbons (Fsp3) is 0.409. The molecule has 0 spiro atoms. The summed E-state index contributed by atoms with van der Waals surface area (Å²) in [6, 6.07) is 14.5. The van der Waals surface area contributed by atoms with E-state index in [2.05, 4.69) is 5.32 Å². The van der Waals surface area contributed by atoms with Gasteiger partial charge in [-0.15, -0.1) is 0 Å². The van der Waals surface area contributed by atoms with E-state index in [-0.39, 0.29) is 26.1 Å². The van der Waals surface area contributed by atoms with Crippen LogP contribution in [0.25, 0.3) is 0 Å². The largest absolute Gasteiger partial charge is 0.486 e. The average molecular weight is 420 g/mol. The molecule has 2 aromatic rings. The Bertz CT molecular complexity index is 904. The van der Waals surface area contributed by atoms with Gasteiger partial charge in [-0.3, -0.25) is 9.69 Å². The molecule has 1 unspecified atom stereocenters. The summed E-state index contributed by atoms with van der Waals surface area (Å²) in [4.78, 5) is 14.5. The third kappa shape index (κ3) is 3.96. The molecule has 0 saturated carbocycles. The SMILES string of the molecule is O=C(NCc1cccc2c1OCCO2)C1(C(F)(F)F)CCN(Cc2ccccc2)C1. The van der Waals surface area contributed by atoms with Gasteiger partial charge in [0.1, 0.15) is 13.2 Å². The van der Waals surface area contributed by atoms with Crippen LogP contribution in [0.1, 0.15) is 17.5 Å². The van der Waals surface area contributed by atoms with Crippen LogP contribution in [0.4, 0.5) is 13.2 Å². The van der Waals surface area contributed by atoms with Gasteiger partial charge in [-0.05, 0) is 24.6 Å². The number of fused-ring (bicyclic) bond motifs is 1. The van der Waals surface area contributed by atoms with Crippen molar-refractivity contribution in [3.05, 3.63) is 59.7 Å². The minimum absolute atomic E-state index is 0.0537. The topological polar surface area (TPSA) is 50.8 Å². The first kappa shape index (κ1) is 20.5. The number of likely N-dealkylation sites (tertiary alicyclic amines) is 1. The zero-order valence-corrected chi connectivity index (χ0v) is 16.4. The Labute approximate surface area is 172 Å². The molecular weight excluding hydrogens is 397 g/mol. The van der Waals surface area contributed by atoms with Crippen LogP contribution >= 0.6 is 0 Å². The first-order valence-corrected chi connectivity index (χ1v) is 9.88. The van der Waals surface area contributed by atoms with E-state index in [1.165, 1.54) is 0 Å². The van der Waals surface area contributed by atoms with Gasteiger partial charge in [0.2, 0.25) is 5.91 Å². The number of rotatable bonds is 5. The number of ether oxygens (including phenoxy) is 2. The molecule has 1 N–H and O–H groups in total. The molecule has 2 aliphatic rings. The highest BCUT2D eigenvalue weighted by atomic mass is 19.4. The number of hydrogen-bond donors (Lipinski definition) is 1. The van der Waals surface area contributed by atoms with Gasteiger partial charge in [0.05, 0.1) is 0 Å². The highest BCUT2D eigenvalue weighted by molar-refractivity contribution is 5.84. The van der Waals surface area contributed by atoms with Gasteiger partial charge >= 0.3 is 6.18 Å². The fourth-order valence-electron chi connectivity index (χ4n) is 4.03. The first-order valence-electron chi connectivity index (χ1n) is 9.88. The predicted molar refractivity (Wildman–Crippen MR) is 104 cm³/mol. The highest BCUT2D eigenvalue weighted by Gasteiger charge is 2.62. The number of alkyl halides is 3. The molecule has 160 valence electrons. The number of halogens is 3. The normalized spacial score (nSPS) is 21.4. The molecule has 30 heavy (non-hydrogen) atoms. The van der Waals surface area contributed by atoms with E-state index in [0.29, 0.717) is 36.8 Å². The van der Waals surface area contributed by atoms with Crippen molar-refractivity contribution in [2.45, 2.75) is 25.7 Å². The van der Waals surface area contributed by atoms with E-state index in [1.54, 1.807) is 23.1 Å². The van der Waals surface area contributed by atoms with Gasteiger partial charge in [0.25, 0.3) is 0 Å². The molecule has 0 aliphatic carbocycles. The van der Waals surface area contributed by atoms with E-state index in [1.807, 2.05) is 30.3 Å². The van der Waals surface area contributed by atoms with Gasteiger partial charge in [-0.2, -0.15) is 13.2 Å². The standard InChI is InChI=1S/C22H23F3N2O3/c23-22(24,25)21(9-10-27(15-21)14-16-5-2-1-3-6-16)20(28)26-13-17-7-4-8-18-19(17)30-12-11-29-18/h1-8H,9-15H2,(H,26,28). The summed E-state index contributed by atoms with van der Waals surface area (Å²) in [5, 5.41) is 2.50. The van der Waals surface area contributed by atoms with Crippen LogP contribution < -0.4 is 14.8 Å². The van der Waals surface area contributed by atoms with Gasteiger partial charge in [0.15, 0.2) is 16.9 Å². The maximum atomic E-state index is 14.0. The summed E-state index contributed by atoms with van der Waals surface area (Å²) in [6.07, 6.45) is -4.90. The van der Waals surface area contributed by atoms with Crippen molar-refractivity contribution in [3.8, 4) is 11.5 Å². The molecule has 2 heterocycles. The summed E-state index contributed by atoms with van der Waals surface area (Å²) in [6.45, 7) is 0.949. The van der Waals surface area contributed by atoms with Crippen molar-refractivity contribution in [3.63, 3.8) is 0 Å². The van der Waals surface area contributed by atoms with Crippen LogP contribution in [0.5, 0.6) is 11.5 Å². The van der Waals surface area contributed by atoms with Gasteiger partial charge in [-0.25, -0.2) is 0 Å². The second kappa shape index (κ2) is 8.18. The molecule has 0 aromatic heterocycles. The van der Waals surface area contributed by atoms with Crippen molar-refractivity contribution in [1.29, 1.82) is 0 Å². The molecule has 0 bridgehead atoms. The molecular formula is C22H23F3N2O3. The Hall–Kier alpha value is -2.74. The van der Waals surface area contributed by atoms with Crippen molar-refractivity contribution in [2.75, 3.05) is 26.3 Å². The maximum Gasteiger partial charge on any atom is 0.404 e. The van der Waals surface area contributed by atoms with E-state index in [0.717, 1.165) is 5.56 Å². The lowest BCUT2D eigenvalue weighted by Gasteiger charge is -2.31. The summed E-state index contributed by atoms with van der Waals surface area (Å²) >= 11 is 0. The summed E-state index contributed by atoms with van der Waals surface area (Å²) in [7, 11) is 0. The molecule has 4 rings (SSSR count). The quantitative estimate of drug-likeness (QED) is 0.804. The number of benzene rings is 2. The Kier molecular flexibility index (Phi) is 5.60. The van der Waals surface area contributed by atoms with Crippen LogP contribution in [0.2, 0.25) is 0 Å². The lowest BCUT2D eigenvalue weighted by molar-refractivity contribution is -0.218. The summed E-state index contributed by atoms with van der Waals surface area (Å²) in [5.74, 6) is 0.00978. The van der Waals surface area contributed by atoms with E-state index < -0.39 is 17.5 Å². The summed E-state index contributed by atoms with van der Waals surface area (Å²) in [5.41, 5.74) is -0.908. The first-order chi connectivity index (χ1) is 14.4. The lowest BCUT2D eigenvalue weighted by Crippen LogP contribution is -2.52. The Morgan fingerprint density at radius 2 is 1.83 bits per heavy atom. The van der Waals surface area contributed by atoms with Crippen LogP contribution in [-0.2, 0) is 17.9 Å². The fourth-order valence-corrected chi connectivity index (χ4v) is 4.03. The third-order valence-electron chi connectivity index (χ3n) is 5.66. The molecule has 2 aromatic carbocycles. The molecule has 1 fully saturated rings. The number of nitrogens with one attached hydrogen (secondary N) is 1. The van der Waals surface area contributed by atoms with Crippen molar-refractivity contribution in [1.82, 2.24) is 10.2 Å². The smallest absolute Gasteiger partial charge is 0.404 e. The van der Waals surface area contributed by atoms with E-state index in [4.69, 9.17) is 9.47 Å². The van der Waals surface area contributed by atoms with Crippen LogP contribution in [0.3, 0.4) is 0 Å². The monoisotopic (exact) mass is 420 g/mol. The number of carbonyl (C=O) groups excluding carboxylic acids is 1. The Morgan fingerprint density at radius 3 is 2.60 bits per heavy atom. The van der Waals surface area contributed by atoms with E-state index >= 15 is 0 Å². The van der Waals surface area contributed by atoms with Crippen LogP contribution in [0, 0.1) is 5.41 Å².